The standard InChI is InChI=1S/C10H16N4/c1-3-9-12-8-6-14(2)5-4-7(8)10(11)13-9/h3-6H2,1-2H3,(H2,11,12,13). The summed E-state index contributed by atoms with van der Waals surface area (Å²) in [5, 5.41) is 0. The molecule has 0 aliphatic carbocycles. The lowest BCUT2D eigenvalue weighted by atomic mass is 10.1. The van der Waals surface area contributed by atoms with Crippen LogP contribution in [-0.2, 0) is 19.4 Å². The topological polar surface area (TPSA) is 55.0 Å². The molecule has 0 saturated carbocycles. The molecule has 0 radical (unpaired) electrons. The Morgan fingerprint density at radius 1 is 1.43 bits per heavy atom. The Bertz CT molecular complexity index is 348. The highest BCUT2D eigenvalue weighted by Crippen LogP contribution is 2.20. The zero-order valence-electron chi connectivity index (χ0n) is 8.75. The Hall–Kier alpha value is -1.16. The Morgan fingerprint density at radius 3 is 2.93 bits per heavy atom. The van der Waals surface area contributed by atoms with E-state index >= 15 is 0 Å². The van der Waals surface area contributed by atoms with Crippen molar-refractivity contribution in [3.63, 3.8) is 0 Å². The summed E-state index contributed by atoms with van der Waals surface area (Å²) in [6.07, 6.45) is 1.82. The molecule has 1 aromatic heterocycles. The molecular weight excluding hydrogens is 176 g/mol. The fourth-order valence-corrected chi connectivity index (χ4v) is 1.80. The monoisotopic (exact) mass is 192 g/mol. The lowest BCUT2D eigenvalue weighted by molar-refractivity contribution is 0.307. The van der Waals surface area contributed by atoms with Gasteiger partial charge in [0, 0.05) is 25.1 Å². The molecular formula is C10H16N4. The molecule has 0 amide bonds. The number of nitrogen functional groups attached to an aromatic ring is 1. The zero-order valence-corrected chi connectivity index (χ0v) is 8.75. The molecule has 2 rings (SSSR count). The quantitative estimate of drug-likeness (QED) is 0.708. The largest absolute Gasteiger partial charge is 0.383 e. The van der Waals surface area contributed by atoms with Crippen LogP contribution >= 0.6 is 0 Å². The molecule has 0 atom stereocenters. The molecule has 14 heavy (non-hydrogen) atoms. The van der Waals surface area contributed by atoms with Gasteiger partial charge in [0.25, 0.3) is 0 Å². The van der Waals surface area contributed by atoms with E-state index in [-0.39, 0.29) is 0 Å². The van der Waals surface area contributed by atoms with E-state index in [0.717, 1.165) is 43.0 Å². The Labute approximate surface area is 84.2 Å². The van der Waals surface area contributed by atoms with Crippen LogP contribution in [-0.4, -0.2) is 28.5 Å². The van der Waals surface area contributed by atoms with E-state index in [0.29, 0.717) is 5.82 Å². The van der Waals surface area contributed by atoms with Crippen molar-refractivity contribution >= 4 is 5.82 Å². The normalized spacial score (nSPS) is 16.7. The van der Waals surface area contributed by atoms with E-state index in [1.807, 2.05) is 6.92 Å². The van der Waals surface area contributed by atoms with Gasteiger partial charge in [0.05, 0.1) is 5.69 Å². The van der Waals surface area contributed by atoms with Crippen molar-refractivity contribution in [2.45, 2.75) is 26.3 Å². The van der Waals surface area contributed by atoms with Crippen LogP contribution in [0.15, 0.2) is 0 Å². The molecule has 0 spiro atoms. The predicted octanol–water partition coefficient (Wildman–Crippen LogP) is 0.609. The van der Waals surface area contributed by atoms with Gasteiger partial charge >= 0.3 is 0 Å². The highest BCUT2D eigenvalue weighted by Gasteiger charge is 2.18. The van der Waals surface area contributed by atoms with E-state index < -0.39 is 0 Å². The highest BCUT2D eigenvalue weighted by molar-refractivity contribution is 5.43. The molecule has 1 aliphatic heterocycles. The van der Waals surface area contributed by atoms with Crippen molar-refractivity contribution in [2.75, 3.05) is 19.3 Å². The van der Waals surface area contributed by atoms with Gasteiger partial charge in [-0.2, -0.15) is 0 Å². The molecule has 4 nitrogen and oxygen atoms in total. The molecule has 0 saturated heterocycles. The van der Waals surface area contributed by atoms with Gasteiger partial charge in [-0.15, -0.1) is 0 Å². The van der Waals surface area contributed by atoms with Crippen LogP contribution in [0, 0.1) is 0 Å². The third-order valence-corrected chi connectivity index (χ3v) is 2.65. The second kappa shape index (κ2) is 3.53. The Kier molecular flexibility index (Phi) is 2.37. The van der Waals surface area contributed by atoms with Gasteiger partial charge in [0.15, 0.2) is 0 Å². The van der Waals surface area contributed by atoms with Crippen molar-refractivity contribution < 1.29 is 0 Å². The maximum atomic E-state index is 5.89. The van der Waals surface area contributed by atoms with Crippen molar-refractivity contribution in [3.05, 3.63) is 17.1 Å². The summed E-state index contributed by atoms with van der Waals surface area (Å²) >= 11 is 0. The smallest absolute Gasteiger partial charge is 0.130 e. The van der Waals surface area contributed by atoms with Crippen molar-refractivity contribution in [1.82, 2.24) is 14.9 Å². The minimum absolute atomic E-state index is 0.681. The van der Waals surface area contributed by atoms with Crippen LogP contribution in [0.5, 0.6) is 0 Å². The molecule has 2 N–H and O–H groups in total. The van der Waals surface area contributed by atoms with Crippen LogP contribution in [0.4, 0.5) is 5.82 Å². The summed E-state index contributed by atoms with van der Waals surface area (Å²) in [7, 11) is 2.10. The number of nitrogens with zero attached hydrogens (tertiary/aromatic N) is 3. The number of aromatic nitrogens is 2. The molecule has 0 aromatic carbocycles. The first-order valence-corrected chi connectivity index (χ1v) is 5.03. The zero-order chi connectivity index (χ0) is 10.1. The summed E-state index contributed by atoms with van der Waals surface area (Å²) < 4.78 is 0. The molecule has 4 heteroatoms. The first-order valence-electron chi connectivity index (χ1n) is 5.03. The van der Waals surface area contributed by atoms with Crippen molar-refractivity contribution in [1.29, 1.82) is 0 Å². The van der Waals surface area contributed by atoms with E-state index in [1.54, 1.807) is 0 Å². The number of hydrogen-bond acceptors (Lipinski definition) is 4. The number of rotatable bonds is 1. The molecule has 0 bridgehead atoms. The number of hydrogen-bond donors (Lipinski definition) is 1. The summed E-state index contributed by atoms with van der Waals surface area (Å²) in [5.74, 6) is 1.54. The molecule has 0 fully saturated rings. The number of anilines is 1. The summed E-state index contributed by atoms with van der Waals surface area (Å²) in [6.45, 7) is 3.99. The minimum atomic E-state index is 0.681. The average molecular weight is 192 g/mol. The minimum Gasteiger partial charge on any atom is -0.383 e. The fraction of sp³-hybridized carbons (Fsp3) is 0.600. The van der Waals surface area contributed by atoms with Crippen LogP contribution in [0.3, 0.4) is 0 Å². The van der Waals surface area contributed by atoms with E-state index in [2.05, 4.69) is 21.9 Å². The van der Waals surface area contributed by atoms with Gasteiger partial charge in [0.2, 0.25) is 0 Å². The number of fused-ring (bicyclic) bond motifs is 1. The fourth-order valence-electron chi connectivity index (χ4n) is 1.80. The van der Waals surface area contributed by atoms with Gasteiger partial charge < -0.3 is 10.6 Å². The van der Waals surface area contributed by atoms with Gasteiger partial charge in [0.1, 0.15) is 11.6 Å². The van der Waals surface area contributed by atoms with Crippen molar-refractivity contribution in [3.8, 4) is 0 Å². The van der Waals surface area contributed by atoms with E-state index in [9.17, 15) is 0 Å². The number of likely N-dealkylation sites (N-methyl/N-ethyl adjacent to an activating group) is 1. The SMILES string of the molecule is CCc1nc(N)c2c(n1)CN(C)CC2. The van der Waals surface area contributed by atoms with Gasteiger partial charge in [-0.3, -0.25) is 0 Å². The Morgan fingerprint density at radius 2 is 2.21 bits per heavy atom. The summed E-state index contributed by atoms with van der Waals surface area (Å²) in [5.41, 5.74) is 8.16. The third-order valence-electron chi connectivity index (χ3n) is 2.65. The van der Waals surface area contributed by atoms with Crippen LogP contribution in [0.25, 0.3) is 0 Å². The summed E-state index contributed by atoms with van der Waals surface area (Å²) in [6, 6.07) is 0. The van der Waals surface area contributed by atoms with E-state index in [4.69, 9.17) is 5.73 Å². The lowest BCUT2D eigenvalue weighted by Gasteiger charge is -2.24. The van der Waals surface area contributed by atoms with Crippen LogP contribution in [0.1, 0.15) is 24.0 Å². The van der Waals surface area contributed by atoms with Gasteiger partial charge in [-0.05, 0) is 13.5 Å². The molecule has 2 heterocycles. The first kappa shape index (κ1) is 9.40. The first-order chi connectivity index (χ1) is 6.70. The molecule has 1 aromatic rings. The maximum Gasteiger partial charge on any atom is 0.130 e. The molecule has 76 valence electrons. The highest BCUT2D eigenvalue weighted by atomic mass is 15.1. The summed E-state index contributed by atoms with van der Waals surface area (Å²) in [4.78, 5) is 11.0. The third kappa shape index (κ3) is 1.57. The second-order valence-electron chi connectivity index (χ2n) is 3.79. The average Bonchev–Trinajstić information content (AvgIpc) is 2.16. The lowest BCUT2D eigenvalue weighted by Crippen LogP contribution is -2.29. The maximum absolute atomic E-state index is 5.89. The van der Waals surface area contributed by atoms with Gasteiger partial charge in [-0.25, -0.2) is 9.97 Å². The van der Waals surface area contributed by atoms with Crippen LogP contribution in [0.2, 0.25) is 0 Å². The number of nitrogens with two attached hydrogens (primary N) is 1. The second-order valence-corrected chi connectivity index (χ2v) is 3.79. The van der Waals surface area contributed by atoms with Crippen molar-refractivity contribution in [2.24, 2.45) is 0 Å². The predicted molar refractivity (Wildman–Crippen MR) is 55.9 cm³/mol. The number of aryl methyl sites for hydroxylation is 1. The molecule has 0 unspecified atom stereocenters. The van der Waals surface area contributed by atoms with Crippen LogP contribution < -0.4 is 5.73 Å². The molecule has 1 aliphatic rings. The van der Waals surface area contributed by atoms with Gasteiger partial charge in [-0.1, -0.05) is 6.92 Å². The van der Waals surface area contributed by atoms with E-state index in [1.165, 1.54) is 0 Å². The Balaban J connectivity index is 2.43.